The summed E-state index contributed by atoms with van der Waals surface area (Å²) >= 11 is 0. The molecule has 1 aliphatic heterocycles. The maximum absolute atomic E-state index is 5.90. The van der Waals surface area contributed by atoms with Crippen molar-refractivity contribution >= 4 is 0 Å². The van der Waals surface area contributed by atoms with Crippen molar-refractivity contribution in [2.24, 2.45) is 5.41 Å². The largest absolute Gasteiger partial charge is 0.489 e. The molecule has 0 aliphatic carbocycles. The molecule has 2 rings (SSSR count). The Kier molecular flexibility index (Phi) is 3.72. The van der Waals surface area contributed by atoms with E-state index in [1.54, 1.807) is 0 Å². The molecule has 1 fully saturated rings. The molecule has 1 heterocycles. The van der Waals surface area contributed by atoms with Crippen molar-refractivity contribution in [3.05, 3.63) is 29.8 Å². The van der Waals surface area contributed by atoms with Gasteiger partial charge in [0.05, 0.1) is 0 Å². The number of benzene rings is 1. The second-order valence-electron chi connectivity index (χ2n) is 6.11. The molecule has 1 unspecified atom stereocenters. The zero-order valence-electron chi connectivity index (χ0n) is 11.1. The fourth-order valence-corrected chi connectivity index (χ4v) is 2.22. The van der Waals surface area contributed by atoms with Crippen LogP contribution in [0.3, 0.4) is 0 Å². The van der Waals surface area contributed by atoms with Gasteiger partial charge in [-0.1, -0.05) is 32.9 Å². The van der Waals surface area contributed by atoms with E-state index < -0.39 is 0 Å². The van der Waals surface area contributed by atoms with Gasteiger partial charge in [0.15, 0.2) is 0 Å². The normalized spacial score (nSPS) is 20.5. The van der Waals surface area contributed by atoms with Crippen molar-refractivity contribution in [2.45, 2.75) is 39.7 Å². The van der Waals surface area contributed by atoms with E-state index in [9.17, 15) is 0 Å². The minimum absolute atomic E-state index is 0.345. The van der Waals surface area contributed by atoms with Gasteiger partial charge >= 0.3 is 0 Å². The van der Waals surface area contributed by atoms with Crippen LogP contribution in [0.1, 0.15) is 32.8 Å². The summed E-state index contributed by atoms with van der Waals surface area (Å²) in [7, 11) is 0. The van der Waals surface area contributed by atoms with Gasteiger partial charge in [0, 0.05) is 6.54 Å². The predicted molar refractivity (Wildman–Crippen MR) is 71.5 cm³/mol. The first-order chi connectivity index (χ1) is 8.03. The Morgan fingerprint density at radius 1 is 1.24 bits per heavy atom. The Balaban J connectivity index is 1.93. The fraction of sp³-hybridized carbons (Fsp3) is 0.600. The van der Waals surface area contributed by atoms with Crippen molar-refractivity contribution in [2.75, 3.05) is 13.1 Å². The molecule has 0 spiro atoms. The predicted octanol–water partition coefficient (Wildman–Crippen LogP) is 3.02. The monoisotopic (exact) mass is 233 g/mol. The Morgan fingerprint density at radius 3 is 2.47 bits per heavy atom. The Hall–Kier alpha value is -1.02. The summed E-state index contributed by atoms with van der Waals surface area (Å²) in [4.78, 5) is 0. The molecule has 1 aromatic rings. The summed E-state index contributed by atoms with van der Waals surface area (Å²) in [6.45, 7) is 8.85. The number of ether oxygens (including phenoxy) is 1. The highest BCUT2D eigenvalue weighted by Gasteiger charge is 2.16. The van der Waals surface area contributed by atoms with Crippen molar-refractivity contribution in [3.63, 3.8) is 0 Å². The van der Waals surface area contributed by atoms with Crippen LogP contribution in [0.4, 0.5) is 0 Å². The van der Waals surface area contributed by atoms with Crippen LogP contribution in [0.5, 0.6) is 5.75 Å². The van der Waals surface area contributed by atoms with Crippen LogP contribution in [0.2, 0.25) is 0 Å². The summed E-state index contributed by atoms with van der Waals surface area (Å²) in [5, 5.41) is 3.31. The maximum Gasteiger partial charge on any atom is 0.119 e. The van der Waals surface area contributed by atoms with E-state index >= 15 is 0 Å². The summed E-state index contributed by atoms with van der Waals surface area (Å²) in [5.41, 5.74) is 1.73. The molecule has 94 valence electrons. The molecular formula is C15H23NO. The standard InChI is InChI=1S/C15H23NO/c1-15(2,3)10-12-4-6-13(7-5-12)17-14-8-9-16-11-14/h4-7,14,16H,8-11H2,1-3H3. The minimum Gasteiger partial charge on any atom is -0.489 e. The van der Waals surface area contributed by atoms with Crippen LogP contribution in [-0.4, -0.2) is 19.2 Å². The molecule has 0 bridgehead atoms. The average Bonchev–Trinajstić information content (AvgIpc) is 2.71. The highest BCUT2D eigenvalue weighted by atomic mass is 16.5. The first-order valence-electron chi connectivity index (χ1n) is 6.49. The third kappa shape index (κ3) is 4.04. The van der Waals surface area contributed by atoms with Crippen molar-refractivity contribution in [1.82, 2.24) is 5.32 Å². The van der Waals surface area contributed by atoms with Crippen LogP contribution in [0.15, 0.2) is 24.3 Å². The van der Waals surface area contributed by atoms with Crippen LogP contribution in [-0.2, 0) is 6.42 Å². The van der Waals surface area contributed by atoms with E-state index in [2.05, 4.69) is 50.4 Å². The molecule has 0 saturated carbocycles. The Labute approximate surface area is 104 Å². The van der Waals surface area contributed by atoms with E-state index in [0.29, 0.717) is 11.5 Å². The van der Waals surface area contributed by atoms with Gasteiger partial charge in [-0.25, -0.2) is 0 Å². The summed E-state index contributed by atoms with van der Waals surface area (Å²) in [5.74, 6) is 0.997. The van der Waals surface area contributed by atoms with E-state index in [0.717, 1.165) is 31.7 Å². The first-order valence-corrected chi connectivity index (χ1v) is 6.49. The number of hydrogen-bond acceptors (Lipinski definition) is 2. The van der Waals surface area contributed by atoms with E-state index in [-0.39, 0.29) is 0 Å². The van der Waals surface area contributed by atoms with E-state index in [1.807, 2.05) is 0 Å². The fourth-order valence-electron chi connectivity index (χ4n) is 2.22. The van der Waals surface area contributed by atoms with Gasteiger partial charge in [0.2, 0.25) is 0 Å². The average molecular weight is 233 g/mol. The Morgan fingerprint density at radius 2 is 1.94 bits per heavy atom. The van der Waals surface area contributed by atoms with Crippen LogP contribution < -0.4 is 10.1 Å². The second-order valence-corrected chi connectivity index (χ2v) is 6.11. The summed E-state index contributed by atoms with van der Waals surface area (Å²) in [6.07, 6.45) is 2.57. The molecule has 0 aromatic heterocycles. The lowest BCUT2D eigenvalue weighted by molar-refractivity contribution is 0.223. The van der Waals surface area contributed by atoms with Gasteiger partial charge in [-0.05, 0) is 42.5 Å². The Bertz CT molecular complexity index is 344. The molecule has 1 N–H and O–H groups in total. The van der Waals surface area contributed by atoms with Crippen molar-refractivity contribution in [3.8, 4) is 5.75 Å². The lowest BCUT2D eigenvalue weighted by Gasteiger charge is -2.18. The van der Waals surface area contributed by atoms with E-state index in [4.69, 9.17) is 4.74 Å². The molecule has 1 aliphatic rings. The van der Waals surface area contributed by atoms with Gasteiger partial charge in [-0.3, -0.25) is 0 Å². The lowest BCUT2D eigenvalue weighted by Crippen LogP contribution is -2.19. The van der Waals surface area contributed by atoms with Gasteiger partial charge in [0.25, 0.3) is 0 Å². The van der Waals surface area contributed by atoms with Gasteiger partial charge in [-0.15, -0.1) is 0 Å². The summed E-state index contributed by atoms with van der Waals surface area (Å²) in [6, 6.07) is 8.56. The van der Waals surface area contributed by atoms with Crippen LogP contribution in [0.25, 0.3) is 0 Å². The SMILES string of the molecule is CC(C)(C)Cc1ccc(OC2CCNC2)cc1. The molecule has 17 heavy (non-hydrogen) atoms. The molecular weight excluding hydrogens is 210 g/mol. The highest BCUT2D eigenvalue weighted by molar-refractivity contribution is 5.28. The molecule has 1 saturated heterocycles. The van der Waals surface area contributed by atoms with E-state index in [1.165, 1.54) is 5.56 Å². The zero-order chi connectivity index (χ0) is 12.3. The third-order valence-corrected chi connectivity index (χ3v) is 2.98. The topological polar surface area (TPSA) is 21.3 Å². The molecule has 2 heteroatoms. The van der Waals surface area contributed by atoms with Crippen LogP contribution in [0, 0.1) is 5.41 Å². The second kappa shape index (κ2) is 5.09. The maximum atomic E-state index is 5.90. The minimum atomic E-state index is 0.345. The highest BCUT2D eigenvalue weighted by Crippen LogP contribution is 2.23. The third-order valence-electron chi connectivity index (χ3n) is 2.98. The smallest absolute Gasteiger partial charge is 0.119 e. The first kappa shape index (κ1) is 12.4. The number of hydrogen-bond donors (Lipinski definition) is 1. The zero-order valence-corrected chi connectivity index (χ0v) is 11.1. The van der Waals surface area contributed by atoms with Gasteiger partial charge in [0.1, 0.15) is 11.9 Å². The molecule has 0 radical (unpaired) electrons. The quantitative estimate of drug-likeness (QED) is 0.866. The lowest BCUT2D eigenvalue weighted by atomic mass is 9.88. The van der Waals surface area contributed by atoms with Crippen molar-refractivity contribution < 1.29 is 4.74 Å². The van der Waals surface area contributed by atoms with Crippen LogP contribution >= 0.6 is 0 Å². The molecule has 1 atom stereocenters. The summed E-state index contributed by atoms with van der Waals surface area (Å²) < 4.78 is 5.90. The molecule has 2 nitrogen and oxygen atoms in total. The number of nitrogens with one attached hydrogen (secondary N) is 1. The molecule has 0 amide bonds. The molecule has 1 aromatic carbocycles. The number of rotatable bonds is 3. The van der Waals surface area contributed by atoms with Gasteiger partial charge in [-0.2, -0.15) is 0 Å². The van der Waals surface area contributed by atoms with Gasteiger partial charge < -0.3 is 10.1 Å². The van der Waals surface area contributed by atoms with Crippen molar-refractivity contribution in [1.29, 1.82) is 0 Å².